The molecule has 6 heteroatoms. The zero-order chi connectivity index (χ0) is 16.6. The summed E-state index contributed by atoms with van der Waals surface area (Å²) in [5.41, 5.74) is 2.40. The number of guanidine groups is 1. The Morgan fingerprint density at radius 1 is 1.32 bits per heavy atom. The third-order valence-corrected chi connectivity index (χ3v) is 4.30. The van der Waals surface area contributed by atoms with Gasteiger partial charge in [-0.2, -0.15) is 0 Å². The third kappa shape index (κ3) is 7.45. The largest absolute Gasteiger partial charge is 0.357 e. The summed E-state index contributed by atoms with van der Waals surface area (Å²) < 4.78 is 22.4. The van der Waals surface area contributed by atoms with E-state index >= 15 is 0 Å². The van der Waals surface area contributed by atoms with Gasteiger partial charge in [0.25, 0.3) is 0 Å². The summed E-state index contributed by atoms with van der Waals surface area (Å²) in [6.45, 7) is 7.40. The molecule has 2 N–H and O–H groups in total. The first kappa shape index (κ1) is 18.5. The lowest BCUT2D eigenvalue weighted by Crippen LogP contribution is -2.42. The van der Waals surface area contributed by atoms with Gasteiger partial charge in [-0.1, -0.05) is 24.3 Å². The molecule has 1 rings (SSSR count). The fourth-order valence-corrected chi connectivity index (χ4v) is 2.75. The molecule has 1 aromatic rings. The lowest BCUT2D eigenvalue weighted by molar-refractivity contribution is 0.581. The minimum absolute atomic E-state index is 0.0457. The average molecular weight is 325 g/mol. The van der Waals surface area contributed by atoms with Crippen molar-refractivity contribution in [3.63, 3.8) is 0 Å². The molecule has 0 spiro atoms. The average Bonchev–Trinajstić information content (AvgIpc) is 2.43. The highest BCUT2D eigenvalue weighted by Crippen LogP contribution is 2.08. The van der Waals surface area contributed by atoms with E-state index in [1.165, 1.54) is 17.4 Å². The Kier molecular flexibility index (Phi) is 7.38. The van der Waals surface area contributed by atoms with Crippen molar-refractivity contribution in [1.82, 2.24) is 10.6 Å². The number of sulfone groups is 1. The van der Waals surface area contributed by atoms with Crippen molar-refractivity contribution in [2.75, 3.05) is 18.6 Å². The van der Waals surface area contributed by atoms with E-state index in [0.29, 0.717) is 18.9 Å². The van der Waals surface area contributed by atoms with Crippen LogP contribution in [-0.2, 0) is 16.4 Å². The monoisotopic (exact) mass is 325 g/mol. The van der Waals surface area contributed by atoms with Crippen LogP contribution in [0.4, 0.5) is 0 Å². The molecule has 0 saturated heterocycles. The topological polar surface area (TPSA) is 70.6 Å². The van der Waals surface area contributed by atoms with E-state index in [9.17, 15) is 8.42 Å². The molecule has 1 atom stereocenters. The van der Waals surface area contributed by atoms with E-state index in [4.69, 9.17) is 0 Å². The number of aryl methyl sites for hydroxylation is 1. The molecule has 0 aromatic heterocycles. The van der Waals surface area contributed by atoms with Crippen molar-refractivity contribution < 1.29 is 8.42 Å². The van der Waals surface area contributed by atoms with Crippen LogP contribution in [0.2, 0.25) is 0 Å². The van der Waals surface area contributed by atoms with Gasteiger partial charge in [0.2, 0.25) is 0 Å². The quantitative estimate of drug-likeness (QED) is 0.593. The van der Waals surface area contributed by atoms with E-state index in [0.717, 1.165) is 6.54 Å². The summed E-state index contributed by atoms with van der Waals surface area (Å²) in [6, 6.07) is 8.20. The van der Waals surface area contributed by atoms with Gasteiger partial charge in [-0.05, 0) is 38.3 Å². The number of rotatable bonds is 7. The van der Waals surface area contributed by atoms with Crippen LogP contribution in [0.3, 0.4) is 0 Å². The lowest BCUT2D eigenvalue weighted by atomic mass is 10.1. The van der Waals surface area contributed by atoms with Gasteiger partial charge < -0.3 is 10.6 Å². The maximum absolute atomic E-state index is 11.2. The fourth-order valence-electron chi connectivity index (χ4n) is 1.97. The SMILES string of the molecule is CCNC(=NCc1ccccc1C)NC(C)CCS(C)(=O)=O. The van der Waals surface area contributed by atoms with Crippen LogP contribution in [-0.4, -0.2) is 39.0 Å². The maximum atomic E-state index is 11.2. The first-order valence-corrected chi connectivity index (χ1v) is 9.65. The minimum atomic E-state index is -2.93. The number of nitrogens with zero attached hydrogens (tertiary/aromatic N) is 1. The van der Waals surface area contributed by atoms with Crippen molar-refractivity contribution in [3.8, 4) is 0 Å². The molecule has 0 bridgehead atoms. The molecule has 0 radical (unpaired) electrons. The zero-order valence-corrected chi connectivity index (χ0v) is 14.7. The second kappa shape index (κ2) is 8.78. The molecule has 0 aliphatic carbocycles. The van der Waals surface area contributed by atoms with E-state index in [1.54, 1.807) is 0 Å². The zero-order valence-electron chi connectivity index (χ0n) is 13.9. The van der Waals surface area contributed by atoms with Gasteiger partial charge in [-0.15, -0.1) is 0 Å². The Bertz CT molecular complexity index is 597. The van der Waals surface area contributed by atoms with Crippen molar-refractivity contribution in [1.29, 1.82) is 0 Å². The van der Waals surface area contributed by atoms with Crippen molar-refractivity contribution in [2.24, 2.45) is 4.99 Å². The van der Waals surface area contributed by atoms with Gasteiger partial charge in [0, 0.05) is 18.8 Å². The molecule has 124 valence electrons. The smallest absolute Gasteiger partial charge is 0.191 e. The molecule has 0 aliphatic rings. The third-order valence-electron chi connectivity index (χ3n) is 3.32. The summed E-state index contributed by atoms with van der Waals surface area (Å²) in [4.78, 5) is 4.57. The normalized spacial score (nSPS) is 13.7. The van der Waals surface area contributed by atoms with E-state index in [-0.39, 0.29) is 11.8 Å². The fraction of sp³-hybridized carbons (Fsp3) is 0.562. The molecule has 0 saturated carbocycles. The van der Waals surface area contributed by atoms with Gasteiger partial charge in [0.05, 0.1) is 12.3 Å². The van der Waals surface area contributed by atoms with Crippen LogP contribution in [0.1, 0.15) is 31.4 Å². The molecule has 0 amide bonds. The molecule has 22 heavy (non-hydrogen) atoms. The summed E-state index contributed by atoms with van der Waals surface area (Å²) in [6.07, 6.45) is 1.82. The summed E-state index contributed by atoms with van der Waals surface area (Å²) in [7, 11) is -2.93. The van der Waals surface area contributed by atoms with Crippen LogP contribution in [0.15, 0.2) is 29.3 Å². The molecule has 1 aromatic carbocycles. The number of aliphatic imine (C=N–C) groups is 1. The Labute approximate surface area is 134 Å². The van der Waals surface area contributed by atoms with Gasteiger partial charge in [0.1, 0.15) is 9.84 Å². The highest BCUT2D eigenvalue weighted by molar-refractivity contribution is 7.90. The van der Waals surface area contributed by atoms with Gasteiger partial charge in [-0.25, -0.2) is 13.4 Å². The second-order valence-electron chi connectivity index (χ2n) is 5.59. The van der Waals surface area contributed by atoms with E-state index < -0.39 is 9.84 Å². The van der Waals surface area contributed by atoms with Gasteiger partial charge >= 0.3 is 0 Å². The minimum Gasteiger partial charge on any atom is -0.357 e. The van der Waals surface area contributed by atoms with Crippen LogP contribution in [0.5, 0.6) is 0 Å². The second-order valence-corrected chi connectivity index (χ2v) is 7.85. The number of hydrogen-bond acceptors (Lipinski definition) is 3. The summed E-state index contributed by atoms with van der Waals surface area (Å²) in [5, 5.41) is 6.44. The number of nitrogens with one attached hydrogen (secondary N) is 2. The molecule has 5 nitrogen and oxygen atoms in total. The van der Waals surface area contributed by atoms with Crippen LogP contribution >= 0.6 is 0 Å². The number of benzene rings is 1. The molecule has 1 unspecified atom stereocenters. The molecule has 0 aliphatic heterocycles. The first-order chi connectivity index (χ1) is 10.3. The Morgan fingerprint density at radius 2 is 2.00 bits per heavy atom. The first-order valence-electron chi connectivity index (χ1n) is 7.59. The summed E-state index contributed by atoms with van der Waals surface area (Å²) >= 11 is 0. The molecular weight excluding hydrogens is 298 g/mol. The Balaban J connectivity index is 2.64. The molecular formula is C16H27N3O2S. The Morgan fingerprint density at radius 3 is 2.59 bits per heavy atom. The standard InChI is InChI=1S/C16H27N3O2S/c1-5-17-16(19-14(3)10-11-22(4,20)21)18-12-15-9-7-6-8-13(15)2/h6-9,14H,5,10-12H2,1-4H3,(H2,17,18,19). The van der Waals surface area contributed by atoms with Crippen LogP contribution < -0.4 is 10.6 Å². The highest BCUT2D eigenvalue weighted by atomic mass is 32.2. The van der Waals surface area contributed by atoms with Crippen molar-refractivity contribution in [2.45, 2.75) is 39.8 Å². The molecule has 0 fully saturated rings. The van der Waals surface area contributed by atoms with Gasteiger partial charge in [-0.3, -0.25) is 0 Å². The van der Waals surface area contributed by atoms with Crippen molar-refractivity contribution >= 4 is 15.8 Å². The van der Waals surface area contributed by atoms with Crippen LogP contribution in [0.25, 0.3) is 0 Å². The highest BCUT2D eigenvalue weighted by Gasteiger charge is 2.09. The number of hydrogen-bond donors (Lipinski definition) is 2. The lowest BCUT2D eigenvalue weighted by Gasteiger charge is -2.17. The maximum Gasteiger partial charge on any atom is 0.191 e. The van der Waals surface area contributed by atoms with Crippen LogP contribution in [0, 0.1) is 6.92 Å². The molecule has 0 heterocycles. The van der Waals surface area contributed by atoms with Crippen molar-refractivity contribution in [3.05, 3.63) is 35.4 Å². The van der Waals surface area contributed by atoms with E-state index in [1.807, 2.05) is 26.0 Å². The van der Waals surface area contributed by atoms with E-state index in [2.05, 4.69) is 34.7 Å². The predicted molar refractivity (Wildman–Crippen MR) is 92.9 cm³/mol. The Hall–Kier alpha value is -1.56. The summed E-state index contributed by atoms with van der Waals surface area (Å²) in [5.74, 6) is 0.894. The van der Waals surface area contributed by atoms with Gasteiger partial charge in [0.15, 0.2) is 5.96 Å². The predicted octanol–water partition coefficient (Wildman–Crippen LogP) is 1.87.